The molecular formula is C14H17NO2. The molecule has 0 atom stereocenters. The van der Waals surface area contributed by atoms with Crippen LogP contribution in [0.3, 0.4) is 0 Å². The van der Waals surface area contributed by atoms with Crippen LogP contribution in [-0.2, 0) is 4.79 Å². The summed E-state index contributed by atoms with van der Waals surface area (Å²) in [6, 6.07) is 5.64. The number of hydrogen-bond acceptors (Lipinski definition) is 3. The molecule has 0 aliphatic heterocycles. The zero-order valence-electron chi connectivity index (χ0n) is 10.5. The Morgan fingerprint density at radius 3 is 2.41 bits per heavy atom. The zero-order valence-corrected chi connectivity index (χ0v) is 10.5. The Labute approximate surface area is 102 Å². The number of nitriles is 1. The minimum atomic E-state index is 0.107. The maximum Gasteiger partial charge on any atom is 0.170 e. The first-order chi connectivity index (χ1) is 8.08. The number of carbonyl (C=O) groups is 1. The van der Waals surface area contributed by atoms with Crippen molar-refractivity contribution in [3.05, 3.63) is 28.8 Å². The molecular weight excluding hydrogens is 214 g/mol. The zero-order chi connectivity index (χ0) is 12.8. The van der Waals surface area contributed by atoms with Gasteiger partial charge in [-0.2, -0.15) is 5.26 Å². The average Bonchev–Trinajstić information content (AvgIpc) is 2.28. The summed E-state index contributed by atoms with van der Waals surface area (Å²) >= 11 is 0. The summed E-state index contributed by atoms with van der Waals surface area (Å²) in [6.45, 7) is 5.85. The number of benzene rings is 1. The van der Waals surface area contributed by atoms with Gasteiger partial charge in [0.2, 0.25) is 0 Å². The fourth-order valence-electron chi connectivity index (χ4n) is 1.75. The van der Waals surface area contributed by atoms with Crippen LogP contribution in [0.2, 0.25) is 0 Å². The van der Waals surface area contributed by atoms with Gasteiger partial charge in [0.1, 0.15) is 12.4 Å². The highest BCUT2D eigenvalue weighted by Crippen LogP contribution is 2.24. The number of rotatable bonds is 5. The van der Waals surface area contributed by atoms with Crippen LogP contribution in [0.1, 0.15) is 36.5 Å². The van der Waals surface area contributed by atoms with E-state index < -0.39 is 0 Å². The fraction of sp³-hybridized carbons (Fsp3) is 0.429. The maximum absolute atomic E-state index is 11.4. The first-order valence-corrected chi connectivity index (χ1v) is 5.74. The van der Waals surface area contributed by atoms with Crippen LogP contribution in [0.25, 0.3) is 0 Å². The second kappa shape index (κ2) is 6.05. The Hall–Kier alpha value is -1.82. The molecule has 0 N–H and O–H groups in total. The average molecular weight is 231 g/mol. The van der Waals surface area contributed by atoms with Crippen molar-refractivity contribution in [2.24, 2.45) is 0 Å². The Bertz CT molecular complexity index is 435. The van der Waals surface area contributed by atoms with Crippen molar-refractivity contribution in [1.82, 2.24) is 0 Å². The lowest BCUT2D eigenvalue weighted by atomic mass is 10.1. The number of ketones is 1. The van der Waals surface area contributed by atoms with Crippen LogP contribution in [0.4, 0.5) is 0 Å². The maximum atomic E-state index is 11.4. The van der Waals surface area contributed by atoms with E-state index in [-0.39, 0.29) is 12.4 Å². The smallest absolute Gasteiger partial charge is 0.170 e. The van der Waals surface area contributed by atoms with Gasteiger partial charge in [-0.3, -0.25) is 4.79 Å². The van der Waals surface area contributed by atoms with Crippen LogP contribution < -0.4 is 4.74 Å². The van der Waals surface area contributed by atoms with Crippen LogP contribution >= 0.6 is 0 Å². The number of Topliss-reactive ketones (excluding diaryl/α,β-unsaturated/α-hetero) is 1. The molecule has 0 aromatic heterocycles. The van der Waals surface area contributed by atoms with Crippen molar-refractivity contribution in [2.75, 3.05) is 6.61 Å². The van der Waals surface area contributed by atoms with Gasteiger partial charge >= 0.3 is 0 Å². The molecule has 17 heavy (non-hydrogen) atoms. The van der Waals surface area contributed by atoms with Crippen molar-refractivity contribution in [3.63, 3.8) is 0 Å². The number of hydrogen-bond donors (Lipinski definition) is 0. The largest absolute Gasteiger partial charge is 0.485 e. The molecule has 0 saturated carbocycles. The molecule has 0 aliphatic carbocycles. The van der Waals surface area contributed by atoms with E-state index in [0.717, 1.165) is 17.5 Å². The van der Waals surface area contributed by atoms with Gasteiger partial charge in [0, 0.05) is 6.42 Å². The van der Waals surface area contributed by atoms with E-state index in [1.807, 2.05) is 20.8 Å². The van der Waals surface area contributed by atoms with Crippen LogP contribution in [0, 0.1) is 25.2 Å². The van der Waals surface area contributed by atoms with E-state index >= 15 is 0 Å². The monoisotopic (exact) mass is 231 g/mol. The van der Waals surface area contributed by atoms with Crippen molar-refractivity contribution in [3.8, 4) is 11.8 Å². The van der Waals surface area contributed by atoms with Gasteiger partial charge in [0.15, 0.2) is 5.78 Å². The second-order valence-electron chi connectivity index (χ2n) is 4.13. The van der Waals surface area contributed by atoms with Crippen LogP contribution in [-0.4, -0.2) is 12.4 Å². The topological polar surface area (TPSA) is 50.1 Å². The lowest BCUT2D eigenvalue weighted by molar-refractivity contribution is -0.121. The van der Waals surface area contributed by atoms with Crippen molar-refractivity contribution >= 4 is 5.78 Å². The molecule has 3 nitrogen and oxygen atoms in total. The molecule has 0 fully saturated rings. The molecule has 1 rings (SSSR count). The van der Waals surface area contributed by atoms with Crippen molar-refractivity contribution in [2.45, 2.75) is 33.6 Å². The molecule has 1 aromatic rings. The van der Waals surface area contributed by atoms with Gasteiger partial charge in [-0.05, 0) is 43.5 Å². The van der Waals surface area contributed by atoms with E-state index in [9.17, 15) is 4.79 Å². The molecule has 90 valence electrons. The van der Waals surface area contributed by atoms with Crippen molar-refractivity contribution < 1.29 is 9.53 Å². The predicted molar refractivity (Wildman–Crippen MR) is 66.0 cm³/mol. The van der Waals surface area contributed by atoms with Gasteiger partial charge in [0.05, 0.1) is 11.6 Å². The third-order valence-electron chi connectivity index (χ3n) is 2.50. The Balaban J connectivity index is 2.79. The predicted octanol–water partition coefficient (Wildman–Crippen LogP) is 2.92. The molecule has 3 heteroatoms. The van der Waals surface area contributed by atoms with Gasteiger partial charge in [-0.25, -0.2) is 0 Å². The molecule has 0 spiro atoms. The molecule has 1 aromatic carbocycles. The van der Waals surface area contributed by atoms with E-state index in [2.05, 4.69) is 6.07 Å². The van der Waals surface area contributed by atoms with Gasteiger partial charge in [-0.1, -0.05) is 6.92 Å². The van der Waals surface area contributed by atoms with Crippen LogP contribution in [0.5, 0.6) is 5.75 Å². The number of carbonyl (C=O) groups excluding carboxylic acids is 1. The molecule has 0 radical (unpaired) electrons. The molecule has 0 unspecified atom stereocenters. The first kappa shape index (κ1) is 13.2. The van der Waals surface area contributed by atoms with E-state index in [1.165, 1.54) is 0 Å². The van der Waals surface area contributed by atoms with E-state index in [4.69, 9.17) is 10.00 Å². The summed E-state index contributed by atoms with van der Waals surface area (Å²) in [5, 5.41) is 8.82. The Kier molecular flexibility index (Phi) is 4.71. The van der Waals surface area contributed by atoms with E-state index in [1.54, 1.807) is 12.1 Å². The quantitative estimate of drug-likeness (QED) is 0.782. The summed E-state index contributed by atoms with van der Waals surface area (Å²) in [5.74, 6) is 0.823. The van der Waals surface area contributed by atoms with Gasteiger partial charge in [-0.15, -0.1) is 0 Å². The molecule has 0 heterocycles. The highest BCUT2D eigenvalue weighted by molar-refractivity contribution is 5.79. The van der Waals surface area contributed by atoms with E-state index in [0.29, 0.717) is 17.7 Å². The third kappa shape index (κ3) is 3.60. The van der Waals surface area contributed by atoms with Crippen LogP contribution in [0.15, 0.2) is 12.1 Å². The summed E-state index contributed by atoms with van der Waals surface area (Å²) in [5.41, 5.74) is 2.41. The molecule has 0 aliphatic rings. The van der Waals surface area contributed by atoms with Gasteiger partial charge < -0.3 is 4.74 Å². The summed E-state index contributed by atoms with van der Waals surface area (Å²) in [6.07, 6.45) is 1.39. The normalized spacial score (nSPS) is 9.76. The lowest BCUT2D eigenvalue weighted by Gasteiger charge is -2.11. The summed E-state index contributed by atoms with van der Waals surface area (Å²) in [7, 11) is 0. The number of aryl methyl sites for hydroxylation is 2. The summed E-state index contributed by atoms with van der Waals surface area (Å²) < 4.78 is 5.52. The number of ether oxygens (including phenoxy) is 1. The highest BCUT2D eigenvalue weighted by atomic mass is 16.5. The summed E-state index contributed by atoms with van der Waals surface area (Å²) in [4.78, 5) is 11.4. The first-order valence-electron chi connectivity index (χ1n) is 5.74. The minimum Gasteiger partial charge on any atom is -0.485 e. The van der Waals surface area contributed by atoms with Crippen molar-refractivity contribution in [1.29, 1.82) is 5.26 Å². The Morgan fingerprint density at radius 1 is 1.35 bits per heavy atom. The Morgan fingerprint density at radius 2 is 1.94 bits per heavy atom. The molecule has 0 amide bonds. The second-order valence-corrected chi connectivity index (χ2v) is 4.13. The number of nitrogens with zero attached hydrogens (tertiary/aromatic N) is 1. The lowest BCUT2D eigenvalue weighted by Crippen LogP contribution is -2.11. The third-order valence-corrected chi connectivity index (χ3v) is 2.50. The minimum absolute atomic E-state index is 0.107. The SMILES string of the molecule is CCCC(=O)COc1c(C)cc(C#N)cc1C. The highest BCUT2D eigenvalue weighted by Gasteiger charge is 2.08. The fourth-order valence-corrected chi connectivity index (χ4v) is 1.75. The van der Waals surface area contributed by atoms with Gasteiger partial charge in [0.25, 0.3) is 0 Å². The molecule has 0 saturated heterocycles. The molecule has 0 bridgehead atoms. The standard InChI is InChI=1S/C14H17NO2/c1-4-5-13(16)9-17-14-10(2)6-12(8-15)7-11(14)3/h6-7H,4-5,9H2,1-3H3.